The summed E-state index contributed by atoms with van der Waals surface area (Å²) in [5.74, 6) is -0.739. The molecule has 0 spiro atoms. The van der Waals surface area contributed by atoms with Gasteiger partial charge in [-0.15, -0.1) is 5.10 Å². The normalized spacial score (nSPS) is 10.5. The zero-order chi connectivity index (χ0) is 15.4. The Morgan fingerprint density at radius 3 is 2.48 bits per heavy atom. The van der Waals surface area contributed by atoms with E-state index in [1.165, 1.54) is 19.1 Å². The second kappa shape index (κ2) is 6.39. The minimum atomic E-state index is -0.631. The molecule has 0 atom stereocenters. The molecule has 2 rings (SSSR count). The first kappa shape index (κ1) is 15.0. The van der Waals surface area contributed by atoms with Crippen LogP contribution in [0.25, 0.3) is 0 Å². The molecule has 0 saturated carbocycles. The molecular weight excluding hydrogens is 273 g/mol. The van der Waals surface area contributed by atoms with Crippen molar-refractivity contribution < 1.29 is 13.9 Å². The smallest absolute Gasteiger partial charge is 0.341 e. The monoisotopic (exact) mass is 289 g/mol. The van der Waals surface area contributed by atoms with Crippen LogP contribution in [0, 0.1) is 5.82 Å². The van der Waals surface area contributed by atoms with Crippen molar-refractivity contribution in [2.24, 2.45) is 0 Å². The van der Waals surface area contributed by atoms with Crippen molar-refractivity contribution in [3.8, 4) is 11.8 Å². The molecule has 1 heterocycles. The van der Waals surface area contributed by atoms with Crippen molar-refractivity contribution in [3.63, 3.8) is 0 Å². The molecule has 1 aromatic heterocycles. The molecule has 5 nitrogen and oxygen atoms in total. The van der Waals surface area contributed by atoms with E-state index in [1.807, 2.05) is 13.8 Å². The number of ketones is 1. The summed E-state index contributed by atoms with van der Waals surface area (Å²) in [5, 5.41) is 7.91. The third kappa shape index (κ3) is 3.39. The van der Waals surface area contributed by atoms with E-state index >= 15 is 0 Å². The van der Waals surface area contributed by atoms with Crippen molar-refractivity contribution in [1.82, 2.24) is 15.2 Å². The molecule has 2 aromatic rings. The number of rotatable bonds is 5. The molecule has 1 aromatic carbocycles. The van der Waals surface area contributed by atoms with Gasteiger partial charge in [-0.25, -0.2) is 4.39 Å². The Hall–Kier alpha value is -2.37. The molecule has 21 heavy (non-hydrogen) atoms. The van der Waals surface area contributed by atoms with Crippen LogP contribution in [0.5, 0.6) is 11.8 Å². The first-order valence-electron chi connectivity index (χ1n) is 6.76. The fraction of sp³-hybridized carbons (Fsp3) is 0.333. The van der Waals surface area contributed by atoms with E-state index in [0.29, 0.717) is 6.42 Å². The molecule has 0 bridgehead atoms. The predicted molar refractivity (Wildman–Crippen MR) is 75.1 cm³/mol. The maximum Gasteiger partial charge on any atom is 0.341 e. The summed E-state index contributed by atoms with van der Waals surface area (Å²) >= 11 is 0. The highest BCUT2D eigenvalue weighted by molar-refractivity contribution is 5.94. The first-order chi connectivity index (χ1) is 10.0. The first-order valence-corrected chi connectivity index (χ1v) is 6.76. The van der Waals surface area contributed by atoms with Gasteiger partial charge in [-0.1, -0.05) is 18.9 Å². The molecule has 0 N–H and O–H groups in total. The van der Waals surface area contributed by atoms with E-state index in [2.05, 4.69) is 15.2 Å². The number of carbonyl (C=O) groups is 1. The van der Waals surface area contributed by atoms with Gasteiger partial charge in [-0.2, -0.15) is 4.98 Å². The molecular formula is C15H16FN3O2. The van der Waals surface area contributed by atoms with Gasteiger partial charge in [0.25, 0.3) is 0 Å². The number of carbonyl (C=O) groups excluding carboxylic acids is 1. The van der Waals surface area contributed by atoms with Crippen LogP contribution in [0.15, 0.2) is 18.2 Å². The van der Waals surface area contributed by atoms with Gasteiger partial charge in [-0.05, 0) is 31.9 Å². The molecule has 0 radical (unpaired) electrons. The van der Waals surface area contributed by atoms with Crippen LogP contribution < -0.4 is 4.74 Å². The Bertz CT molecular complexity index is 674. The summed E-state index contributed by atoms with van der Waals surface area (Å²) in [6.07, 6.45) is 1.46. The fourth-order valence-corrected chi connectivity index (χ4v) is 1.91. The highest BCUT2D eigenvalue weighted by Gasteiger charge is 2.11. The molecule has 6 heteroatoms. The topological polar surface area (TPSA) is 65.0 Å². The van der Waals surface area contributed by atoms with Crippen LogP contribution in [-0.2, 0) is 12.8 Å². The summed E-state index contributed by atoms with van der Waals surface area (Å²) in [6, 6.07) is 4.09. The number of nitrogens with zero attached hydrogens (tertiary/aromatic N) is 3. The van der Waals surface area contributed by atoms with Gasteiger partial charge in [0.2, 0.25) is 0 Å². The van der Waals surface area contributed by atoms with Crippen LogP contribution in [0.3, 0.4) is 0 Å². The van der Waals surface area contributed by atoms with Crippen molar-refractivity contribution in [2.75, 3.05) is 0 Å². The minimum Gasteiger partial charge on any atom is -0.423 e. The predicted octanol–water partition coefficient (Wildman–Crippen LogP) is 3.13. The average Bonchev–Trinajstić information content (AvgIpc) is 2.46. The SMILES string of the molecule is CCc1nnc(Oc2ccc(C(C)=O)c(F)c2)nc1CC. The Labute approximate surface area is 122 Å². The van der Waals surface area contributed by atoms with Gasteiger partial charge in [-0.3, -0.25) is 4.79 Å². The number of Topliss-reactive ketones (excluding diaryl/α,β-unsaturated/α-hetero) is 1. The molecule has 0 saturated heterocycles. The van der Waals surface area contributed by atoms with Gasteiger partial charge >= 0.3 is 6.01 Å². The second-order valence-electron chi connectivity index (χ2n) is 4.49. The largest absolute Gasteiger partial charge is 0.423 e. The zero-order valence-corrected chi connectivity index (χ0v) is 12.2. The van der Waals surface area contributed by atoms with Gasteiger partial charge in [0.05, 0.1) is 17.0 Å². The van der Waals surface area contributed by atoms with Crippen molar-refractivity contribution in [1.29, 1.82) is 0 Å². The molecule has 0 amide bonds. The quantitative estimate of drug-likeness (QED) is 0.791. The van der Waals surface area contributed by atoms with Crippen LogP contribution in [0.2, 0.25) is 0 Å². The highest BCUT2D eigenvalue weighted by atomic mass is 19.1. The zero-order valence-electron chi connectivity index (χ0n) is 12.2. The Morgan fingerprint density at radius 1 is 1.19 bits per heavy atom. The average molecular weight is 289 g/mol. The number of aromatic nitrogens is 3. The lowest BCUT2D eigenvalue weighted by atomic mass is 10.1. The number of hydrogen-bond acceptors (Lipinski definition) is 5. The maximum atomic E-state index is 13.7. The maximum absolute atomic E-state index is 13.7. The summed E-state index contributed by atoms with van der Waals surface area (Å²) in [6.45, 7) is 5.25. The number of benzene rings is 1. The van der Waals surface area contributed by atoms with E-state index in [-0.39, 0.29) is 23.1 Å². The number of hydrogen-bond donors (Lipinski definition) is 0. The lowest BCUT2D eigenvalue weighted by molar-refractivity contribution is 0.101. The van der Waals surface area contributed by atoms with Crippen LogP contribution in [-0.4, -0.2) is 21.0 Å². The number of aryl methyl sites for hydroxylation is 2. The molecule has 0 aliphatic carbocycles. The summed E-state index contributed by atoms with van der Waals surface area (Å²) < 4.78 is 19.1. The van der Waals surface area contributed by atoms with Crippen LogP contribution in [0.4, 0.5) is 4.39 Å². The Morgan fingerprint density at radius 2 is 1.90 bits per heavy atom. The van der Waals surface area contributed by atoms with Crippen LogP contribution in [0.1, 0.15) is 42.5 Å². The summed E-state index contributed by atoms with van der Waals surface area (Å²) in [7, 11) is 0. The van der Waals surface area contributed by atoms with Gasteiger partial charge in [0.1, 0.15) is 11.6 Å². The standard InChI is InChI=1S/C15H16FN3O2/c1-4-13-14(5-2)18-19-15(17-13)21-10-6-7-11(9(3)20)12(16)8-10/h6-8H,4-5H2,1-3H3. The molecule has 110 valence electrons. The van der Waals surface area contributed by atoms with E-state index in [9.17, 15) is 9.18 Å². The minimum absolute atomic E-state index is 0.0250. The summed E-state index contributed by atoms with van der Waals surface area (Å²) in [4.78, 5) is 15.4. The highest BCUT2D eigenvalue weighted by Crippen LogP contribution is 2.21. The van der Waals surface area contributed by atoms with Crippen molar-refractivity contribution in [2.45, 2.75) is 33.6 Å². The van der Waals surface area contributed by atoms with Crippen molar-refractivity contribution in [3.05, 3.63) is 41.0 Å². The third-order valence-electron chi connectivity index (χ3n) is 3.02. The van der Waals surface area contributed by atoms with E-state index in [0.717, 1.165) is 23.9 Å². The van der Waals surface area contributed by atoms with Crippen LogP contribution >= 0.6 is 0 Å². The molecule has 0 aliphatic heterocycles. The molecule has 0 aliphatic rings. The number of ether oxygens (including phenoxy) is 1. The lowest BCUT2D eigenvalue weighted by Crippen LogP contribution is -2.04. The number of halogens is 1. The lowest BCUT2D eigenvalue weighted by Gasteiger charge is -2.07. The molecule has 0 fully saturated rings. The molecule has 0 unspecified atom stereocenters. The second-order valence-corrected chi connectivity index (χ2v) is 4.49. The van der Waals surface area contributed by atoms with Gasteiger partial charge in [0.15, 0.2) is 5.78 Å². The Balaban J connectivity index is 2.26. The fourth-order valence-electron chi connectivity index (χ4n) is 1.91. The summed E-state index contributed by atoms with van der Waals surface area (Å²) in [5.41, 5.74) is 1.66. The van der Waals surface area contributed by atoms with E-state index in [4.69, 9.17) is 4.74 Å². The van der Waals surface area contributed by atoms with Gasteiger partial charge in [0, 0.05) is 6.07 Å². The Kier molecular flexibility index (Phi) is 4.57. The van der Waals surface area contributed by atoms with E-state index < -0.39 is 5.82 Å². The third-order valence-corrected chi connectivity index (χ3v) is 3.02. The van der Waals surface area contributed by atoms with E-state index in [1.54, 1.807) is 0 Å². The van der Waals surface area contributed by atoms with Gasteiger partial charge < -0.3 is 4.74 Å². The van der Waals surface area contributed by atoms with Crippen molar-refractivity contribution >= 4 is 5.78 Å².